The first-order chi connectivity index (χ1) is 7.24. The lowest BCUT2D eigenvalue weighted by Gasteiger charge is -2.03. The number of anilines is 1. The van der Waals surface area contributed by atoms with Crippen LogP contribution in [0.1, 0.15) is 11.5 Å². The molecule has 0 radical (unpaired) electrons. The van der Waals surface area contributed by atoms with Gasteiger partial charge in [-0.15, -0.1) is 0 Å². The molecule has 0 saturated carbocycles. The number of hydrogen-bond donors (Lipinski definition) is 1. The third-order valence-electron chi connectivity index (χ3n) is 1.95. The molecule has 0 atom stereocenters. The van der Waals surface area contributed by atoms with Crippen molar-refractivity contribution in [2.75, 3.05) is 5.73 Å². The molecule has 4 heteroatoms. The lowest BCUT2D eigenvalue weighted by molar-refractivity contribution is 0.265. The number of nitrogen functional groups attached to an aromatic ring is 1. The highest BCUT2D eigenvalue weighted by Gasteiger charge is 2.01. The van der Waals surface area contributed by atoms with Gasteiger partial charge in [0, 0.05) is 0 Å². The molecule has 1 aromatic heterocycles. The van der Waals surface area contributed by atoms with Crippen LogP contribution < -0.4 is 10.5 Å². The van der Waals surface area contributed by atoms with Crippen LogP contribution in [0.5, 0.6) is 5.75 Å². The summed E-state index contributed by atoms with van der Waals surface area (Å²) in [5, 5.41) is 0. The zero-order valence-electron chi connectivity index (χ0n) is 8.43. The average Bonchev–Trinajstić information content (AvgIpc) is 2.64. The summed E-state index contributed by atoms with van der Waals surface area (Å²) < 4.78 is 10.5. The van der Waals surface area contributed by atoms with E-state index in [1.54, 1.807) is 0 Å². The number of nitrogens with zero attached hydrogens (tertiary/aromatic N) is 1. The Labute approximate surface area is 87.7 Å². The van der Waals surface area contributed by atoms with Crippen LogP contribution in [0.4, 0.5) is 5.88 Å². The maximum Gasteiger partial charge on any atom is 0.234 e. The van der Waals surface area contributed by atoms with Gasteiger partial charge in [0.25, 0.3) is 0 Å². The molecule has 0 saturated heterocycles. The Morgan fingerprint density at radius 2 is 2.07 bits per heavy atom. The molecule has 2 aromatic rings. The molecule has 0 unspecified atom stereocenters. The van der Waals surface area contributed by atoms with Crippen molar-refractivity contribution in [3.05, 3.63) is 41.9 Å². The Morgan fingerprint density at radius 3 is 2.67 bits per heavy atom. The second-order valence-corrected chi connectivity index (χ2v) is 3.26. The normalized spacial score (nSPS) is 10.2. The second kappa shape index (κ2) is 4.04. The third-order valence-corrected chi connectivity index (χ3v) is 1.95. The Balaban J connectivity index is 1.96. The van der Waals surface area contributed by atoms with Crippen LogP contribution in [-0.4, -0.2) is 4.98 Å². The van der Waals surface area contributed by atoms with Crippen LogP contribution in [0.15, 0.2) is 34.9 Å². The van der Waals surface area contributed by atoms with Crippen LogP contribution >= 0.6 is 0 Å². The smallest absolute Gasteiger partial charge is 0.234 e. The van der Waals surface area contributed by atoms with Gasteiger partial charge >= 0.3 is 0 Å². The van der Waals surface area contributed by atoms with Crippen LogP contribution in [-0.2, 0) is 6.61 Å². The maximum atomic E-state index is 5.45. The van der Waals surface area contributed by atoms with Gasteiger partial charge in [0.2, 0.25) is 11.8 Å². The fraction of sp³-hybridized carbons (Fsp3) is 0.182. The van der Waals surface area contributed by atoms with Crippen molar-refractivity contribution < 1.29 is 9.15 Å². The predicted molar refractivity (Wildman–Crippen MR) is 56.4 cm³/mol. The minimum atomic E-state index is 0.292. The van der Waals surface area contributed by atoms with E-state index in [1.165, 1.54) is 11.8 Å². The maximum absolute atomic E-state index is 5.45. The molecular weight excluding hydrogens is 192 g/mol. The molecule has 2 rings (SSSR count). The van der Waals surface area contributed by atoms with Crippen molar-refractivity contribution in [3.8, 4) is 5.75 Å². The zero-order valence-corrected chi connectivity index (χ0v) is 8.43. The number of nitrogens with two attached hydrogens (primary N) is 1. The molecule has 0 spiro atoms. The quantitative estimate of drug-likeness (QED) is 0.832. The molecule has 0 amide bonds. The summed E-state index contributed by atoms with van der Waals surface area (Å²) in [6, 6.07) is 7.78. The number of rotatable bonds is 3. The van der Waals surface area contributed by atoms with E-state index in [2.05, 4.69) is 4.98 Å². The van der Waals surface area contributed by atoms with Crippen LogP contribution in [0.2, 0.25) is 0 Å². The van der Waals surface area contributed by atoms with Crippen LogP contribution in [0.25, 0.3) is 0 Å². The largest absolute Gasteiger partial charge is 0.484 e. The Kier molecular flexibility index (Phi) is 2.58. The SMILES string of the molecule is Cc1ccc(OCc2ncc(N)o2)cc1. The number of oxazole rings is 1. The summed E-state index contributed by atoms with van der Waals surface area (Å²) in [4.78, 5) is 3.93. The highest BCUT2D eigenvalue weighted by molar-refractivity contribution is 5.26. The van der Waals surface area contributed by atoms with Gasteiger partial charge in [-0.05, 0) is 19.1 Å². The second-order valence-electron chi connectivity index (χ2n) is 3.26. The van der Waals surface area contributed by atoms with E-state index in [9.17, 15) is 0 Å². The summed E-state index contributed by atoms with van der Waals surface area (Å²) in [5.74, 6) is 1.57. The number of hydrogen-bond acceptors (Lipinski definition) is 4. The topological polar surface area (TPSA) is 61.3 Å². The minimum absolute atomic E-state index is 0.292. The first kappa shape index (κ1) is 9.58. The van der Waals surface area contributed by atoms with E-state index in [0.29, 0.717) is 18.4 Å². The van der Waals surface area contributed by atoms with Crippen LogP contribution in [0.3, 0.4) is 0 Å². The van der Waals surface area contributed by atoms with E-state index in [4.69, 9.17) is 14.9 Å². The van der Waals surface area contributed by atoms with Gasteiger partial charge in [0.05, 0.1) is 6.20 Å². The van der Waals surface area contributed by atoms with E-state index in [1.807, 2.05) is 31.2 Å². The van der Waals surface area contributed by atoms with Crippen molar-refractivity contribution in [2.45, 2.75) is 13.5 Å². The van der Waals surface area contributed by atoms with Crippen molar-refractivity contribution in [3.63, 3.8) is 0 Å². The molecule has 78 valence electrons. The van der Waals surface area contributed by atoms with Gasteiger partial charge in [0.1, 0.15) is 5.75 Å². The van der Waals surface area contributed by atoms with Crippen molar-refractivity contribution >= 4 is 5.88 Å². The molecule has 1 heterocycles. The predicted octanol–water partition coefficient (Wildman–Crippen LogP) is 2.14. The standard InChI is InChI=1S/C11H12N2O2/c1-8-2-4-9(5-3-8)14-7-11-13-6-10(12)15-11/h2-6H,7,12H2,1H3. The van der Waals surface area contributed by atoms with Gasteiger partial charge in [-0.25, -0.2) is 4.98 Å². The zero-order chi connectivity index (χ0) is 10.7. The number of ether oxygens (including phenoxy) is 1. The molecule has 4 nitrogen and oxygen atoms in total. The first-order valence-electron chi connectivity index (χ1n) is 4.64. The minimum Gasteiger partial charge on any atom is -0.484 e. The fourth-order valence-electron chi connectivity index (χ4n) is 1.17. The van der Waals surface area contributed by atoms with Gasteiger partial charge < -0.3 is 14.9 Å². The Morgan fingerprint density at radius 1 is 1.33 bits per heavy atom. The number of aromatic nitrogens is 1. The van der Waals surface area contributed by atoms with Gasteiger partial charge in [-0.3, -0.25) is 0 Å². The lowest BCUT2D eigenvalue weighted by atomic mass is 10.2. The van der Waals surface area contributed by atoms with Crippen molar-refractivity contribution in [1.29, 1.82) is 0 Å². The summed E-state index contributed by atoms with van der Waals surface area (Å²) >= 11 is 0. The van der Waals surface area contributed by atoms with Gasteiger partial charge in [0.15, 0.2) is 6.61 Å². The van der Waals surface area contributed by atoms with E-state index < -0.39 is 0 Å². The molecule has 0 bridgehead atoms. The lowest BCUT2D eigenvalue weighted by Crippen LogP contribution is -1.95. The number of aryl methyl sites for hydroxylation is 1. The third kappa shape index (κ3) is 2.49. The van der Waals surface area contributed by atoms with Crippen LogP contribution in [0, 0.1) is 6.92 Å². The Bertz CT molecular complexity index is 434. The number of benzene rings is 1. The average molecular weight is 204 g/mol. The fourth-order valence-corrected chi connectivity index (χ4v) is 1.17. The summed E-state index contributed by atoms with van der Waals surface area (Å²) in [5.41, 5.74) is 6.58. The molecule has 0 aliphatic rings. The molecule has 0 fully saturated rings. The molecular formula is C11H12N2O2. The van der Waals surface area contributed by atoms with E-state index in [0.717, 1.165) is 5.75 Å². The molecule has 1 aromatic carbocycles. The van der Waals surface area contributed by atoms with E-state index in [-0.39, 0.29) is 0 Å². The summed E-state index contributed by atoms with van der Waals surface area (Å²) in [7, 11) is 0. The van der Waals surface area contributed by atoms with E-state index >= 15 is 0 Å². The highest BCUT2D eigenvalue weighted by atomic mass is 16.5. The summed E-state index contributed by atoms with van der Waals surface area (Å²) in [6.07, 6.45) is 1.47. The van der Waals surface area contributed by atoms with Crippen molar-refractivity contribution in [1.82, 2.24) is 4.98 Å². The molecule has 0 aliphatic heterocycles. The summed E-state index contributed by atoms with van der Waals surface area (Å²) in [6.45, 7) is 2.32. The van der Waals surface area contributed by atoms with Crippen molar-refractivity contribution in [2.24, 2.45) is 0 Å². The van der Waals surface area contributed by atoms with Gasteiger partial charge in [-0.2, -0.15) is 0 Å². The molecule has 0 aliphatic carbocycles. The first-order valence-corrected chi connectivity index (χ1v) is 4.64. The molecule has 2 N–H and O–H groups in total. The molecule has 15 heavy (non-hydrogen) atoms. The van der Waals surface area contributed by atoms with Gasteiger partial charge in [-0.1, -0.05) is 17.7 Å². The monoisotopic (exact) mass is 204 g/mol. The highest BCUT2D eigenvalue weighted by Crippen LogP contribution is 2.14. The Hall–Kier alpha value is -1.97.